The van der Waals surface area contributed by atoms with E-state index in [0.717, 1.165) is 32.8 Å². The SMILES string of the molecule is Cc1ccc(COc2cnc3ccccc3c2)c(Cl)c1. The zero-order chi connectivity index (χ0) is 13.9. The van der Waals surface area contributed by atoms with E-state index in [2.05, 4.69) is 4.98 Å². The molecule has 0 bridgehead atoms. The van der Waals surface area contributed by atoms with E-state index in [9.17, 15) is 0 Å². The lowest BCUT2D eigenvalue weighted by molar-refractivity contribution is 0.305. The van der Waals surface area contributed by atoms with Crippen molar-refractivity contribution in [3.05, 3.63) is 70.9 Å². The van der Waals surface area contributed by atoms with Gasteiger partial charge in [-0.1, -0.05) is 41.9 Å². The third kappa shape index (κ3) is 2.75. The summed E-state index contributed by atoms with van der Waals surface area (Å²) < 4.78 is 5.77. The second-order valence-corrected chi connectivity index (χ2v) is 5.15. The van der Waals surface area contributed by atoms with Gasteiger partial charge in [0.05, 0.1) is 11.7 Å². The maximum atomic E-state index is 6.20. The average Bonchev–Trinajstić information content (AvgIpc) is 2.46. The van der Waals surface area contributed by atoms with E-state index in [1.54, 1.807) is 6.20 Å². The molecule has 0 saturated carbocycles. The standard InChI is InChI=1S/C17H14ClNO/c1-12-6-7-14(16(18)8-12)11-20-15-9-13-4-2-3-5-17(13)19-10-15/h2-10H,11H2,1H3. The summed E-state index contributed by atoms with van der Waals surface area (Å²) in [5, 5.41) is 1.80. The highest BCUT2D eigenvalue weighted by molar-refractivity contribution is 6.31. The van der Waals surface area contributed by atoms with Crippen LogP contribution in [0.5, 0.6) is 5.75 Å². The third-order valence-electron chi connectivity index (χ3n) is 3.17. The first kappa shape index (κ1) is 12.9. The van der Waals surface area contributed by atoms with Crippen molar-refractivity contribution in [2.24, 2.45) is 0 Å². The summed E-state index contributed by atoms with van der Waals surface area (Å²) in [6, 6.07) is 15.9. The van der Waals surface area contributed by atoms with Gasteiger partial charge in [0.25, 0.3) is 0 Å². The largest absolute Gasteiger partial charge is 0.487 e. The van der Waals surface area contributed by atoms with Gasteiger partial charge in [-0.3, -0.25) is 4.98 Å². The molecule has 2 aromatic carbocycles. The van der Waals surface area contributed by atoms with E-state index >= 15 is 0 Å². The van der Waals surface area contributed by atoms with Crippen molar-refractivity contribution in [3.8, 4) is 5.75 Å². The molecule has 0 aliphatic rings. The molecule has 0 saturated heterocycles. The lowest BCUT2D eigenvalue weighted by Gasteiger charge is -2.09. The summed E-state index contributed by atoms with van der Waals surface area (Å²) in [5.74, 6) is 0.750. The number of aromatic nitrogens is 1. The third-order valence-corrected chi connectivity index (χ3v) is 3.52. The molecule has 0 radical (unpaired) electrons. The van der Waals surface area contributed by atoms with Crippen molar-refractivity contribution in [1.82, 2.24) is 4.98 Å². The molecule has 1 aromatic heterocycles. The topological polar surface area (TPSA) is 22.1 Å². The number of pyridine rings is 1. The van der Waals surface area contributed by atoms with E-state index in [1.165, 1.54) is 0 Å². The number of fused-ring (bicyclic) bond motifs is 1. The Bertz CT molecular complexity index is 755. The molecular formula is C17H14ClNO. The number of para-hydroxylation sites is 1. The Kier molecular flexibility index (Phi) is 3.57. The Morgan fingerprint density at radius 1 is 1.10 bits per heavy atom. The van der Waals surface area contributed by atoms with Crippen LogP contribution in [0.25, 0.3) is 10.9 Å². The zero-order valence-electron chi connectivity index (χ0n) is 11.1. The predicted molar refractivity (Wildman–Crippen MR) is 82.3 cm³/mol. The lowest BCUT2D eigenvalue weighted by Crippen LogP contribution is -1.97. The molecule has 0 aliphatic heterocycles. The molecule has 20 heavy (non-hydrogen) atoms. The molecular weight excluding hydrogens is 270 g/mol. The van der Waals surface area contributed by atoms with Crippen molar-refractivity contribution in [2.45, 2.75) is 13.5 Å². The minimum atomic E-state index is 0.444. The van der Waals surface area contributed by atoms with Crippen LogP contribution >= 0.6 is 11.6 Å². The zero-order valence-corrected chi connectivity index (χ0v) is 11.9. The predicted octanol–water partition coefficient (Wildman–Crippen LogP) is 4.78. The van der Waals surface area contributed by atoms with Crippen molar-refractivity contribution in [1.29, 1.82) is 0 Å². The fourth-order valence-corrected chi connectivity index (χ4v) is 2.35. The van der Waals surface area contributed by atoms with Crippen LogP contribution in [0.15, 0.2) is 54.7 Å². The van der Waals surface area contributed by atoms with Gasteiger partial charge in [0, 0.05) is 16.0 Å². The molecule has 0 aliphatic carbocycles. The highest BCUT2D eigenvalue weighted by Gasteiger charge is 2.03. The summed E-state index contributed by atoms with van der Waals surface area (Å²) >= 11 is 6.20. The number of ether oxygens (including phenoxy) is 1. The van der Waals surface area contributed by atoms with Crippen LogP contribution in [0.1, 0.15) is 11.1 Å². The Hall–Kier alpha value is -2.06. The second kappa shape index (κ2) is 5.51. The quantitative estimate of drug-likeness (QED) is 0.690. The van der Waals surface area contributed by atoms with Gasteiger partial charge in [0.2, 0.25) is 0 Å². The number of hydrogen-bond donors (Lipinski definition) is 0. The van der Waals surface area contributed by atoms with Gasteiger partial charge >= 0.3 is 0 Å². The minimum Gasteiger partial charge on any atom is -0.487 e. The number of rotatable bonds is 3. The van der Waals surface area contributed by atoms with Gasteiger partial charge < -0.3 is 4.74 Å². The Balaban J connectivity index is 1.79. The van der Waals surface area contributed by atoms with Gasteiger partial charge in [0.15, 0.2) is 0 Å². The molecule has 1 heterocycles. The van der Waals surface area contributed by atoms with E-state index < -0.39 is 0 Å². The highest BCUT2D eigenvalue weighted by Crippen LogP contribution is 2.22. The molecule has 3 heteroatoms. The first-order chi connectivity index (χ1) is 9.72. The monoisotopic (exact) mass is 283 g/mol. The molecule has 3 rings (SSSR count). The normalized spacial score (nSPS) is 10.7. The van der Waals surface area contributed by atoms with Crippen LogP contribution in [0.4, 0.5) is 0 Å². The summed E-state index contributed by atoms with van der Waals surface area (Å²) in [6.07, 6.45) is 1.74. The van der Waals surface area contributed by atoms with Gasteiger partial charge in [-0.2, -0.15) is 0 Å². The van der Waals surface area contributed by atoms with Crippen LogP contribution in [-0.4, -0.2) is 4.98 Å². The first-order valence-corrected chi connectivity index (χ1v) is 6.83. The summed E-state index contributed by atoms with van der Waals surface area (Å²) in [7, 11) is 0. The Labute approximate surface area is 123 Å². The van der Waals surface area contributed by atoms with Crippen LogP contribution in [0.2, 0.25) is 5.02 Å². The van der Waals surface area contributed by atoms with E-state index in [0.29, 0.717) is 6.61 Å². The van der Waals surface area contributed by atoms with Crippen molar-refractivity contribution < 1.29 is 4.74 Å². The molecule has 2 nitrogen and oxygen atoms in total. The number of nitrogens with zero attached hydrogens (tertiary/aromatic N) is 1. The van der Waals surface area contributed by atoms with Crippen molar-refractivity contribution in [2.75, 3.05) is 0 Å². The molecule has 0 amide bonds. The van der Waals surface area contributed by atoms with E-state index in [1.807, 2.05) is 55.5 Å². The maximum absolute atomic E-state index is 6.20. The summed E-state index contributed by atoms with van der Waals surface area (Å²) in [6.45, 7) is 2.46. The van der Waals surface area contributed by atoms with Crippen LogP contribution in [0.3, 0.4) is 0 Å². The van der Waals surface area contributed by atoms with Crippen LogP contribution in [0, 0.1) is 6.92 Å². The van der Waals surface area contributed by atoms with E-state index in [4.69, 9.17) is 16.3 Å². The van der Waals surface area contributed by atoms with E-state index in [-0.39, 0.29) is 0 Å². The summed E-state index contributed by atoms with van der Waals surface area (Å²) in [5.41, 5.74) is 3.09. The molecule has 0 fully saturated rings. The highest BCUT2D eigenvalue weighted by atomic mass is 35.5. The smallest absolute Gasteiger partial charge is 0.138 e. The van der Waals surface area contributed by atoms with Gasteiger partial charge in [-0.25, -0.2) is 0 Å². The molecule has 100 valence electrons. The molecule has 0 unspecified atom stereocenters. The molecule has 0 atom stereocenters. The maximum Gasteiger partial charge on any atom is 0.138 e. The molecule has 3 aromatic rings. The average molecular weight is 284 g/mol. The summed E-state index contributed by atoms with van der Waals surface area (Å²) in [4.78, 5) is 4.37. The lowest BCUT2D eigenvalue weighted by atomic mass is 10.1. The molecule has 0 spiro atoms. The Morgan fingerprint density at radius 3 is 2.80 bits per heavy atom. The van der Waals surface area contributed by atoms with Gasteiger partial charge in [0.1, 0.15) is 12.4 Å². The fraction of sp³-hybridized carbons (Fsp3) is 0.118. The van der Waals surface area contributed by atoms with Gasteiger partial charge in [-0.05, 0) is 30.7 Å². The first-order valence-electron chi connectivity index (χ1n) is 6.45. The number of benzene rings is 2. The van der Waals surface area contributed by atoms with Crippen LogP contribution in [-0.2, 0) is 6.61 Å². The number of hydrogen-bond acceptors (Lipinski definition) is 2. The number of halogens is 1. The second-order valence-electron chi connectivity index (χ2n) is 4.75. The van der Waals surface area contributed by atoms with Crippen molar-refractivity contribution >= 4 is 22.5 Å². The van der Waals surface area contributed by atoms with Crippen LogP contribution < -0.4 is 4.74 Å². The van der Waals surface area contributed by atoms with Gasteiger partial charge in [-0.15, -0.1) is 0 Å². The Morgan fingerprint density at radius 2 is 1.95 bits per heavy atom. The molecule has 0 N–H and O–H groups in total. The minimum absolute atomic E-state index is 0.444. The fourth-order valence-electron chi connectivity index (χ4n) is 2.06. The number of aryl methyl sites for hydroxylation is 1. The van der Waals surface area contributed by atoms with Crippen molar-refractivity contribution in [3.63, 3.8) is 0 Å².